The molecule has 1 aliphatic rings. The Morgan fingerprint density at radius 2 is 2.25 bits per heavy atom. The average Bonchev–Trinajstić information content (AvgIpc) is 2.49. The lowest BCUT2D eigenvalue weighted by Crippen LogP contribution is -2.25. The van der Waals surface area contributed by atoms with Gasteiger partial charge < -0.3 is 9.67 Å². The van der Waals surface area contributed by atoms with Crippen molar-refractivity contribution in [1.82, 2.24) is 9.55 Å². The van der Waals surface area contributed by atoms with E-state index in [1.54, 1.807) is 12.5 Å². The second-order valence-electron chi connectivity index (χ2n) is 4.87. The van der Waals surface area contributed by atoms with Gasteiger partial charge in [0.05, 0.1) is 12.0 Å². The standard InChI is InChI=1S/C12H18N2O2/c1-8(2)11(12(15)16)10-6-13-7-14(10)9-4-3-5-9/h6-9,11H,3-5H2,1-2H3,(H,15,16). The van der Waals surface area contributed by atoms with Crippen molar-refractivity contribution in [2.75, 3.05) is 0 Å². The van der Waals surface area contributed by atoms with Crippen molar-refractivity contribution in [1.29, 1.82) is 0 Å². The molecule has 0 radical (unpaired) electrons. The van der Waals surface area contributed by atoms with Gasteiger partial charge in [-0.25, -0.2) is 4.98 Å². The summed E-state index contributed by atoms with van der Waals surface area (Å²) in [5.41, 5.74) is 0.854. The first-order valence-electron chi connectivity index (χ1n) is 5.85. The predicted octanol–water partition coefficient (Wildman–Crippen LogP) is 2.43. The maximum atomic E-state index is 11.3. The summed E-state index contributed by atoms with van der Waals surface area (Å²) in [5, 5.41) is 9.27. The minimum Gasteiger partial charge on any atom is -0.481 e. The lowest BCUT2D eigenvalue weighted by Gasteiger charge is -2.30. The van der Waals surface area contributed by atoms with Crippen molar-refractivity contribution in [3.63, 3.8) is 0 Å². The van der Waals surface area contributed by atoms with E-state index in [1.165, 1.54) is 6.42 Å². The fourth-order valence-corrected chi connectivity index (χ4v) is 2.28. The maximum absolute atomic E-state index is 11.3. The smallest absolute Gasteiger partial charge is 0.312 e. The first-order chi connectivity index (χ1) is 7.61. The number of aliphatic carboxylic acids is 1. The summed E-state index contributed by atoms with van der Waals surface area (Å²) in [7, 11) is 0. The molecule has 4 nitrogen and oxygen atoms in total. The third-order valence-electron chi connectivity index (χ3n) is 3.42. The average molecular weight is 222 g/mol. The highest BCUT2D eigenvalue weighted by atomic mass is 16.4. The van der Waals surface area contributed by atoms with E-state index in [1.807, 2.05) is 13.8 Å². The maximum Gasteiger partial charge on any atom is 0.312 e. The van der Waals surface area contributed by atoms with E-state index in [2.05, 4.69) is 9.55 Å². The van der Waals surface area contributed by atoms with E-state index < -0.39 is 11.9 Å². The van der Waals surface area contributed by atoms with Gasteiger partial charge in [0.2, 0.25) is 0 Å². The van der Waals surface area contributed by atoms with Gasteiger partial charge in [0.25, 0.3) is 0 Å². The minimum atomic E-state index is -0.754. The van der Waals surface area contributed by atoms with Crippen molar-refractivity contribution in [3.05, 3.63) is 18.2 Å². The molecule has 88 valence electrons. The Bertz CT molecular complexity index is 380. The van der Waals surface area contributed by atoms with Crippen LogP contribution < -0.4 is 0 Å². The number of nitrogens with zero attached hydrogens (tertiary/aromatic N) is 2. The van der Waals surface area contributed by atoms with Crippen LogP contribution in [-0.2, 0) is 4.79 Å². The van der Waals surface area contributed by atoms with E-state index in [9.17, 15) is 9.90 Å². The zero-order valence-electron chi connectivity index (χ0n) is 9.76. The summed E-state index contributed by atoms with van der Waals surface area (Å²) >= 11 is 0. The van der Waals surface area contributed by atoms with Crippen LogP contribution >= 0.6 is 0 Å². The van der Waals surface area contributed by atoms with Crippen molar-refractivity contribution in [2.24, 2.45) is 5.92 Å². The molecule has 1 aromatic heterocycles. The van der Waals surface area contributed by atoms with Crippen LogP contribution in [0.2, 0.25) is 0 Å². The highest BCUT2D eigenvalue weighted by Crippen LogP contribution is 2.35. The molecule has 0 aromatic carbocycles. The largest absolute Gasteiger partial charge is 0.481 e. The number of carboxylic acid groups (broad SMARTS) is 1. The molecule has 1 saturated carbocycles. The number of hydrogen-bond donors (Lipinski definition) is 1. The van der Waals surface area contributed by atoms with Gasteiger partial charge in [0.1, 0.15) is 5.92 Å². The molecule has 16 heavy (non-hydrogen) atoms. The second-order valence-corrected chi connectivity index (χ2v) is 4.87. The summed E-state index contributed by atoms with van der Waals surface area (Å²) in [6, 6.07) is 0.470. The van der Waals surface area contributed by atoms with Crippen molar-refractivity contribution in [2.45, 2.75) is 45.1 Å². The molecule has 1 unspecified atom stereocenters. The Kier molecular flexibility index (Phi) is 2.99. The quantitative estimate of drug-likeness (QED) is 0.851. The minimum absolute atomic E-state index is 0.0908. The van der Waals surface area contributed by atoms with Gasteiger partial charge in [-0.05, 0) is 25.2 Å². The molecule has 1 N–H and O–H groups in total. The van der Waals surface area contributed by atoms with E-state index in [4.69, 9.17) is 0 Å². The van der Waals surface area contributed by atoms with Crippen molar-refractivity contribution >= 4 is 5.97 Å². The number of aromatic nitrogens is 2. The Morgan fingerprint density at radius 3 is 2.69 bits per heavy atom. The summed E-state index contributed by atoms with van der Waals surface area (Å²) in [5.74, 6) is -1.10. The highest BCUT2D eigenvalue weighted by Gasteiger charge is 2.30. The Balaban J connectivity index is 2.30. The van der Waals surface area contributed by atoms with Gasteiger partial charge in [-0.15, -0.1) is 0 Å². The van der Waals surface area contributed by atoms with Crippen LogP contribution in [0.1, 0.15) is 50.8 Å². The first-order valence-corrected chi connectivity index (χ1v) is 5.85. The van der Waals surface area contributed by atoms with E-state index in [-0.39, 0.29) is 5.92 Å². The Hall–Kier alpha value is -1.32. The van der Waals surface area contributed by atoms with Crippen LogP contribution in [0.4, 0.5) is 0 Å². The van der Waals surface area contributed by atoms with Crippen LogP contribution in [0.5, 0.6) is 0 Å². The summed E-state index contributed by atoms with van der Waals surface area (Å²) in [4.78, 5) is 15.4. The van der Waals surface area contributed by atoms with Gasteiger partial charge in [-0.3, -0.25) is 4.79 Å². The number of carbonyl (C=O) groups is 1. The normalized spacial score (nSPS) is 18.4. The monoisotopic (exact) mass is 222 g/mol. The van der Waals surface area contributed by atoms with Gasteiger partial charge in [0.15, 0.2) is 0 Å². The first kappa shape index (κ1) is 11.2. The molecule has 1 heterocycles. The molecule has 0 bridgehead atoms. The van der Waals surface area contributed by atoms with E-state index in [0.717, 1.165) is 18.5 Å². The predicted molar refractivity (Wildman–Crippen MR) is 60.3 cm³/mol. The zero-order valence-corrected chi connectivity index (χ0v) is 9.76. The summed E-state index contributed by atoms with van der Waals surface area (Å²) in [6.07, 6.45) is 7.01. The molecular formula is C12H18N2O2. The molecule has 0 saturated heterocycles. The molecule has 0 aliphatic heterocycles. The number of hydrogen-bond acceptors (Lipinski definition) is 2. The lowest BCUT2D eigenvalue weighted by atomic mass is 9.89. The molecule has 1 aliphatic carbocycles. The van der Waals surface area contributed by atoms with Crippen LogP contribution in [0.3, 0.4) is 0 Å². The molecule has 1 aromatic rings. The van der Waals surface area contributed by atoms with E-state index in [0.29, 0.717) is 6.04 Å². The van der Waals surface area contributed by atoms with Crippen molar-refractivity contribution < 1.29 is 9.90 Å². The van der Waals surface area contributed by atoms with Crippen LogP contribution in [-0.4, -0.2) is 20.6 Å². The zero-order chi connectivity index (χ0) is 11.7. The highest BCUT2D eigenvalue weighted by molar-refractivity contribution is 5.75. The third-order valence-corrected chi connectivity index (χ3v) is 3.42. The van der Waals surface area contributed by atoms with Gasteiger partial charge in [-0.1, -0.05) is 13.8 Å². The summed E-state index contributed by atoms with van der Waals surface area (Å²) < 4.78 is 2.06. The third kappa shape index (κ3) is 1.84. The van der Waals surface area contributed by atoms with Gasteiger partial charge in [0, 0.05) is 12.2 Å². The molecule has 2 rings (SSSR count). The molecule has 0 amide bonds. The van der Waals surface area contributed by atoms with Crippen LogP contribution in [0.25, 0.3) is 0 Å². The van der Waals surface area contributed by atoms with Crippen molar-refractivity contribution in [3.8, 4) is 0 Å². The Morgan fingerprint density at radius 1 is 1.56 bits per heavy atom. The van der Waals surface area contributed by atoms with E-state index >= 15 is 0 Å². The molecular weight excluding hydrogens is 204 g/mol. The SMILES string of the molecule is CC(C)C(C(=O)O)c1cncn1C1CCC1. The molecule has 4 heteroatoms. The second kappa shape index (κ2) is 4.28. The molecule has 0 spiro atoms. The number of carboxylic acids is 1. The Labute approximate surface area is 95.3 Å². The molecule has 1 atom stereocenters. The molecule has 1 fully saturated rings. The fourth-order valence-electron chi connectivity index (χ4n) is 2.28. The summed E-state index contributed by atoms with van der Waals surface area (Å²) in [6.45, 7) is 3.88. The lowest BCUT2D eigenvalue weighted by molar-refractivity contribution is -0.140. The van der Waals surface area contributed by atoms with Crippen LogP contribution in [0, 0.1) is 5.92 Å². The van der Waals surface area contributed by atoms with Crippen LogP contribution in [0.15, 0.2) is 12.5 Å². The van der Waals surface area contributed by atoms with Gasteiger partial charge in [-0.2, -0.15) is 0 Å². The fraction of sp³-hybridized carbons (Fsp3) is 0.667. The number of rotatable bonds is 4. The topological polar surface area (TPSA) is 55.1 Å². The number of imidazole rings is 1. The van der Waals surface area contributed by atoms with Gasteiger partial charge >= 0.3 is 5.97 Å².